The van der Waals surface area contributed by atoms with Crippen LogP contribution in [0.15, 0.2) is 47.4 Å². The Balaban J connectivity index is 2.05. The van der Waals surface area contributed by atoms with Crippen molar-refractivity contribution in [1.82, 2.24) is 4.31 Å². The van der Waals surface area contributed by atoms with Crippen molar-refractivity contribution < 1.29 is 13.5 Å². The highest BCUT2D eigenvalue weighted by atomic mass is 35.5. The molecule has 0 aromatic heterocycles. The van der Waals surface area contributed by atoms with Crippen LogP contribution in [-0.4, -0.2) is 31.0 Å². The molecule has 0 saturated carbocycles. The predicted octanol–water partition coefficient (Wildman–Crippen LogP) is 3.66. The molecule has 1 atom stereocenters. The normalized spacial score (nSPS) is 17.2. The lowest BCUT2D eigenvalue weighted by atomic mass is 10.1. The van der Waals surface area contributed by atoms with E-state index in [0.29, 0.717) is 11.4 Å². The van der Waals surface area contributed by atoms with Crippen molar-refractivity contribution in [3.63, 3.8) is 0 Å². The van der Waals surface area contributed by atoms with Gasteiger partial charge >= 0.3 is 0 Å². The van der Waals surface area contributed by atoms with Crippen molar-refractivity contribution in [3.8, 4) is 0 Å². The molecule has 0 amide bonds. The minimum absolute atomic E-state index is 0.00592. The van der Waals surface area contributed by atoms with Crippen molar-refractivity contribution in [2.75, 3.05) is 13.2 Å². The van der Waals surface area contributed by atoms with E-state index in [2.05, 4.69) is 0 Å². The Labute approximate surface area is 151 Å². The van der Waals surface area contributed by atoms with Crippen LogP contribution in [0.4, 0.5) is 0 Å². The molecule has 0 fully saturated rings. The molecule has 0 heterocycles. The molecule has 1 aliphatic carbocycles. The van der Waals surface area contributed by atoms with E-state index in [1.807, 2.05) is 24.3 Å². The minimum Gasteiger partial charge on any atom is -0.395 e. The quantitative estimate of drug-likeness (QED) is 0.853. The molecule has 0 aliphatic heterocycles. The van der Waals surface area contributed by atoms with Crippen molar-refractivity contribution in [1.29, 1.82) is 0 Å². The highest BCUT2D eigenvalue weighted by molar-refractivity contribution is 7.89. The number of fused-ring (bicyclic) bond motifs is 1. The molecule has 0 spiro atoms. The SMILES string of the molecule is O=S(=O)(c1ccc(Cl)cc1Cl)N(CCO)C1CCc2ccccc21. The predicted molar refractivity (Wildman–Crippen MR) is 94.9 cm³/mol. The van der Waals surface area contributed by atoms with Crippen LogP contribution in [0.2, 0.25) is 10.0 Å². The van der Waals surface area contributed by atoms with E-state index < -0.39 is 10.0 Å². The maximum absolute atomic E-state index is 13.1. The Hall–Kier alpha value is -1.11. The molecule has 128 valence electrons. The summed E-state index contributed by atoms with van der Waals surface area (Å²) in [6.07, 6.45) is 1.50. The lowest BCUT2D eigenvalue weighted by molar-refractivity contribution is 0.225. The zero-order valence-electron chi connectivity index (χ0n) is 12.8. The molecule has 24 heavy (non-hydrogen) atoms. The van der Waals surface area contributed by atoms with E-state index >= 15 is 0 Å². The first-order valence-electron chi connectivity index (χ1n) is 7.60. The van der Waals surface area contributed by atoms with Gasteiger partial charge in [-0.3, -0.25) is 0 Å². The van der Waals surface area contributed by atoms with Crippen molar-refractivity contribution >= 4 is 33.2 Å². The summed E-state index contributed by atoms with van der Waals surface area (Å²) in [4.78, 5) is 0.00592. The van der Waals surface area contributed by atoms with E-state index in [1.54, 1.807) is 0 Å². The summed E-state index contributed by atoms with van der Waals surface area (Å²) in [5.74, 6) is 0. The number of nitrogens with zero attached hydrogens (tertiary/aromatic N) is 1. The summed E-state index contributed by atoms with van der Waals surface area (Å²) in [6, 6.07) is 11.8. The zero-order valence-corrected chi connectivity index (χ0v) is 15.2. The third-order valence-corrected chi connectivity index (χ3v) is 6.88. The Morgan fingerprint density at radius 2 is 1.92 bits per heavy atom. The number of hydrogen-bond acceptors (Lipinski definition) is 3. The lowest BCUT2D eigenvalue weighted by Gasteiger charge is -2.28. The maximum Gasteiger partial charge on any atom is 0.245 e. The molecule has 1 aliphatic rings. The van der Waals surface area contributed by atoms with Crippen LogP contribution in [0.1, 0.15) is 23.6 Å². The first-order valence-corrected chi connectivity index (χ1v) is 9.80. The molecule has 1 N–H and O–H groups in total. The Bertz CT molecular complexity index is 855. The Morgan fingerprint density at radius 1 is 1.17 bits per heavy atom. The largest absolute Gasteiger partial charge is 0.395 e. The van der Waals surface area contributed by atoms with Crippen molar-refractivity contribution in [2.45, 2.75) is 23.8 Å². The van der Waals surface area contributed by atoms with E-state index in [1.165, 1.54) is 22.5 Å². The molecule has 0 saturated heterocycles. The van der Waals surface area contributed by atoms with Crippen LogP contribution in [0, 0.1) is 0 Å². The van der Waals surface area contributed by atoms with E-state index in [0.717, 1.165) is 17.5 Å². The van der Waals surface area contributed by atoms with Gasteiger partial charge in [-0.2, -0.15) is 4.31 Å². The van der Waals surface area contributed by atoms with Crippen molar-refractivity contribution in [3.05, 3.63) is 63.6 Å². The van der Waals surface area contributed by atoms with Gasteiger partial charge in [-0.25, -0.2) is 8.42 Å². The van der Waals surface area contributed by atoms with Gasteiger partial charge in [0.25, 0.3) is 0 Å². The molecule has 2 aromatic carbocycles. The lowest BCUT2D eigenvalue weighted by Crippen LogP contribution is -2.36. The van der Waals surface area contributed by atoms with Gasteiger partial charge in [0.05, 0.1) is 17.7 Å². The van der Waals surface area contributed by atoms with Crippen LogP contribution >= 0.6 is 23.2 Å². The number of halogens is 2. The molecule has 7 heteroatoms. The van der Waals surface area contributed by atoms with Crippen LogP contribution in [0.3, 0.4) is 0 Å². The van der Waals surface area contributed by atoms with Gasteiger partial charge in [-0.1, -0.05) is 47.5 Å². The van der Waals surface area contributed by atoms with Gasteiger partial charge < -0.3 is 5.11 Å². The summed E-state index contributed by atoms with van der Waals surface area (Å²) in [5, 5.41) is 9.86. The average molecular weight is 386 g/mol. The third-order valence-electron chi connectivity index (χ3n) is 4.25. The fraction of sp³-hybridized carbons (Fsp3) is 0.294. The van der Waals surface area contributed by atoms with E-state index in [-0.39, 0.29) is 29.1 Å². The summed E-state index contributed by atoms with van der Waals surface area (Å²) < 4.78 is 27.6. The van der Waals surface area contributed by atoms with Gasteiger partial charge in [0, 0.05) is 11.6 Å². The van der Waals surface area contributed by atoms with E-state index in [9.17, 15) is 13.5 Å². The molecule has 0 bridgehead atoms. The van der Waals surface area contributed by atoms with Crippen LogP contribution in [0.25, 0.3) is 0 Å². The average Bonchev–Trinajstić information content (AvgIpc) is 2.95. The van der Waals surface area contributed by atoms with Crippen LogP contribution < -0.4 is 0 Å². The third kappa shape index (κ3) is 3.19. The monoisotopic (exact) mass is 385 g/mol. The molecular formula is C17H17Cl2NO3S. The van der Waals surface area contributed by atoms with Gasteiger partial charge in [0.1, 0.15) is 4.90 Å². The number of benzene rings is 2. The zero-order chi connectivity index (χ0) is 17.3. The number of sulfonamides is 1. The fourth-order valence-corrected chi connectivity index (χ4v) is 5.56. The minimum atomic E-state index is -3.85. The van der Waals surface area contributed by atoms with Crippen LogP contribution in [0.5, 0.6) is 0 Å². The first-order chi connectivity index (χ1) is 11.4. The summed E-state index contributed by atoms with van der Waals surface area (Å²) in [7, 11) is -3.85. The van der Waals surface area contributed by atoms with Gasteiger partial charge in [0.2, 0.25) is 10.0 Å². The molecule has 2 aromatic rings. The summed E-state index contributed by atoms with van der Waals surface area (Å²) in [5.41, 5.74) is 2.13. The van der Waals surface area contributed by atoms with Gasteiger partial charge in [-0.15, -0.1) is 0 Å². The maximum atomic E-state index is 13.1. The second kappa shape index (κ2) is 7.02. The number of aryl methyl sites for hydroxylation is 1. The molecule has 4 nitrogen and oxygen atoms in total. The molecule has 3 rings (SSSR count). The molecular weight excluding hydrogens is 369 g/mol. The second-order valence-electron chi connectivity index (χ2n) is 5.67. The summed E-state index contributed by atoms with van der Waals surface area (Å²) >= 11 is 12.0. The van der Waals surface area contributed by atoms with Crippen molar-refractivity contribution in [2.24, 2.45) is 0 Å². The van der Waals surface area contributed by atoms with Crippen LogP contribution in [-0.2, 0) is 16.4 Å². The molecule has 1 unspecified atom stereocenters. The highest BCUT2D eigenvalue weighted by Gasteiger charge is 2.36. The standard InChI is InChI=1S/C17H17Cl2NO3S/c18-13-6-8-17(15(19)11-13)24(22,23)20(9-10-21)16-7-5-12-3-1-2-4-14(12)16/h1-4,6,8,11,16,21H,5,7,9-10H2. The topological polar surface area (TPSA) is 57.6 Å². The highest BCUT2D eigenvalue weighted by Crippen LogP contribution is 2.39. The number of aliphatic hydroxyl groups excluding tert-OH is 1. The first kappa shape index (κ1) is 17.7. The number of rotatable bonds is 5. The fourth-order valence-electron chi connectivity index (χ4n) is 3.19. The summed E-state index contributed by atoms with van der Waals surface area (Å²) in [6.45, 7) is -0.247. The Kier molecular flexibility index (Phi) is 5.18. The number of hydrogen-bond donors (Lipinski definition) is 1. The smallest absolute Gasteiger partial charge is 0.245 e. The van der Waals surface area contributed by atoms with E-state index in [4.69, 9.17) is 23.2 Å². The Morgan fingerprint density at radius 3 is 2.62 bits per heavy atom. The van der Waals surface area contributed by atoms with Gasteiger partial charge in [0.15, 0.2) is 0 Å². The number of aliphatic hydroxyl groups is 1. The second-order valence-corrected chi connectivity index (χ2v) is 8.37. The van der Waals surface area contributed by atoms with Gasteiger partial charge in [-0.05, 0) is 42.2 Å². The molecule has 0 radical (unpaired) electrons.